The summed E-state index contributed by atoms with van der Waals surface area (Å²) >= 11 is 0. The van der Waals surface area contributed by atoms with Crippen molar-refractivity contribution >= 4 is 11.7 Å². The number of hydrazine groups is 1. The first kappa shape index (κ1) is 16.1. The van der Waals surface area contributed by atoms with Crippen LogP contribution in [0.15, 0.2) is 36.0 Å². The summed E-state index contributed by atoms with van der Waals surface area (Å²) in [5, 5.41) is 0. The van der Waals surface area contributed by atoms with Gasteiger partial charge in [-0.05, 0) is 43.0 Å². The normalized spacial score (nSPS) is 16.7. The number of allylic oxidation sites excluding steroid dienone is 2. The fourth-order valence-corrected chi connectivity index (χ4v) is 2.50. The van der Waals surface area contributed by atoms with Crippen LogP contribution in [0.2, 0.25) is 0 Å². The van der Waals surface area contributed by atoms with Crippen molar-refractivity contribution in [2.24, 2.45) is 5.41 Å². The van der Waals surface area contributed by atoms with E-state index in [0.29, 0.717) is 18.6 Å². The number of hydrogen-bond donors (Lipinski definition) is 2. The van der Waals surface area contributed by atoms with E-state index in [2.05, 4.69) is 10.9 Å². The smallest absolute Gasteiger partial charge is 0.269 e. The molecule has 5 heteroatoms. The molecule has 0 heterocycles. The van der Waals surface area contributed by atoms with Crippen molar-refractivity contribution in [3.8, 4) is 5.75 Å². The first-order valence-electron chi connectivity index (χ1n) is 7.42. The van der Waals surface area contributed by atoms with Gasteiger partial charge in [0.1, 0.15) is 5.75 Å². The predicted molar refractivity (Wildman–Crippen MR) is 84.3 cm³/mol. The van der Waals surface area contributed by atoms with Crippen molar-refractivity contribution in [3.05, 3.63) is 41.6 Å². The summed E-state index contributed by atoms with van der Waals surface area (Å²) in [6.07, 6.45) is 2.82. The SMILES string of the molecule is CCOc1ccc(C(=O)NNC2=CC(=O)CC(C)(C)C2)cc1. The molecule has 0 aliphatic heterocycles. The summed E-state index contributed by atoms with van der Waals surface area (Å²) in [5.74, 6) is 0.559. The molecule has 1 aromatic rings. The van der Waals surface area contributed by atoms with E-state index in [1.54, 1.807) is 30.3 Å². The lowest BCUT2D eigenvalue weighted by Gasteiger charge is -2.29. The van der Waals surface area contributed by atoms with Crippen LogP contribution in [-0.2, 0) is 4.79 Å². The Labute approximate surface area is 130 Å². The Balaban J connectivity index is 1.93. The summed E-state index contributed by atoms with van der Waals surface area (Å²) in [5.41, 5.74) is 6.66. The van der Waals surface area contributed by atoms with E-state index < -0.39 is 0 Å². The molecule has 0 bridgehead atoms. The molecule has 1 aromatic carbocycles. The van der Waals surface area contributed by atoms with Crippen molar-refractivity contribution in [3.63, 3.8) is 0 Å². The zero-order valence-corrected chi connectivity index (χ0v) is 13.2. The molecule has 2 rings (SSSR count). The predicted octanol–water partition coefficient (Wildman–Crippen LogP) is 2.59. The number of carbonyl (C=O) groups is 2. The lowest BCUT2D eigenvalue weighted by atomic mass is 9.79. The third-order valence-corrected chi connectivity index (χ3v) is 3.42. The average Bonchev–Trinajstić information content (AvgIpc) is 2.44. The number of hydrogen-bond acceptors (Lipinski definition) is 4. The lowest BCUT2D eigenvalue weighted by molar-refractivity contribution is -0.117. The van der Waals surface area contributed by atoms with Crippen LogP contribution >= 0.6 is 0 Å². The number of ketones is 1. The van der Waals surface area contributed by atoms with Crippen LogP contribution in [-0.4, -0.2) is 18.3 Å². The highest BCUT2D eigenvalue weighted by atomic mass is 16.5. The number of benzene rings is 1. The van der Waals surface area contributed by atoms with Gasteiger partial charge in [0.05, 0.1) is 6.61 Å². The second kappa shape index (κ2) is 6.64. The van der Waals surface area contributed by atoms with Crippen LogP contribution in [0.3, 0.4) is 0 Å². The second-order valence-corrected chi connectivity index (χ2v) is 6.19. The fourth-order valence-electron chi connectivity index (χ4n) is 2.50. The van der Waals surface area contributed by atoms with Crippen LogP contribution in [0.5, 0.6) is 5.75 Å². The topological polar surface area (TPSA) is 67.4 Å². The van der Waals surface area contributed by atoms with E-state index in [9.17, 15) is 9.59 Å². The third kappa shape index (κ3) is 4.35. The van der Waals surface area contributed by atoms with E-state index in [0.717, 1.165) is 17.9 Å². The molecule has 0 aromatic heterocycles. The summed E-state index contributed by atoms with van der Waals surface area (Å²) < 4.78 is 5.34. The third-order valence-electron chi connectivity index (χ3n) is 3.42. The van der Waals surface area contributed by atoms with Gasteiger partial charge < -0.3 is 10.2 Å². The highest BCUT2D eigenvalue weighted by molar-refractivity contribution is 5.94. The molecule has 1 amide bonds. The van der Waals surface area contributed by atoms with E-state index in [1.165, 1.54) is 0 Å². The van der Waals surface area contributed by atoms with Crippen LogP contribution in [0, 0.1) is 5.41 Å². The Kier molecular flexibility index (Phi) is 4.85. The Hall–Kier alpha value is -2.30. The maximum Gasteiger partial charge on any atom is 0.269 e. The molecule has 0 fully saturated rings. The molecule has 0 spiro atoms. The molecule has 2 N–H and O–H groups in total. The van der Waals surface area contributed by atoms with Crippen molar-refractivity contribution in [2.75, 3.05) is 6.61 Å². The Morgan fingerprint density at radius 3 is 2.50 bits per heavy atom. The zero-order valence-electron chi connectivity index (χ0n) is 13.2. The summed E-state index contributed by atoms with van der Waals surface area (Å²) in [6, 6.07) is 6.91. The summed E-state index contributed by atoms with van der Waals surface area (Å²) in [4.78, 5) is 23.7. The molecule has 0 saturated heterocycles. The van der Waals surface area contributed by atoms with E-state index in [-0.39, 0.29) is 17.1 Å². The quantitative estimate of drug-likeness (QED) is 0.820. The fraction of sp³-hybridized carbons (Fsp3) is 0.412. The van der Waals surface area contributed by atoms with Crippen molar-refractivity contribution in [1.29, 1.82) is 0 Å². The van der Waals surface area contributed by atoms with Gasteiger partial charge in [0.25, 0.3) is 5.91 Å². The molecule has 5 nitrogen and oxygen atoms in total. The standard InChI is InChI=1S/C17H22N2O3/c1-4-22-15-7-5-12(6-8-15)16(21)19-18-13-9-14(20)11-17(2,3)10-13/h5-9,18H,4,10-11H2,1-3H3,(H,19,21). The van der Waals surface area contributed by atoms with Gasteiger partial charge in [-0.1, -0.05) is 13.8 Å². The minimum Gasteiger partial charge on any atom is -0.494 e. The van der Waals surface area contributed by atoms with Crippen LogP contribution in [0.1, 0.15) is 44.0 Å². The van der Waals surface area contributed by atoms with Gasteiger partial charge in [-0.25, -0.2) is 0 Å². The molecular formula is C17H22N2O3. The van der Waals surface area contributed by atoms with Gasteiger partial charge in [0.2, 0.25) is 0 Å². The van der Waals surface area contributed by atoms with Crippen LogP contribution in [0.25, 0.3) is 0 Å². The molecule has 1 aliphatic rings. The first-order chi connectivity index (χ1) is 10.4. The maximum atomic E-state index is 12.1. The first-order valence-corrected chi connectivity index (χ1v) is 7.42. The average molecular weight is 302 g/mol. The zero-order chi connectivity index (χ0) is 16.2. The molecule has 0 unspecified atom stereocenters. The van der Waals surface area contributed by atoms with Gasteiger partial charge >= 0.3 is 0 Å². The van der Waals surface area contributed by atoms with Crippen molar-refractivity contribution in [1.82, 2.24) is 10.9 Å². The number of rotatable bonds is 5. The number of amides is 1. The minimum atomic E-state index is -0.250. The molecular weight excluding hydrogens is 280 g/mol. The maximum absolute atomic E-state index is 12.1. The van der Waals surface area contributed by atoms with E-state index in [1.807, 2.05) is 20.8 Å². The number of nitrogens with one attached hydrogen (secondary N) is 2. The Bertz CT molecular complexity index is 588. The van der Waals surface area contributed by atoms with Gasteiger partial charge in [-0.3, -0.25) is 15.0 Å². The number of ether oxygens (including phenoxy) is 1. The van der Waals surface area contributed by atoms with Crippen molar-refractivity contribution in [2.45, 2.75) is 33.6 Å². The summed E-state index contributed by atoms with van der Waals surface area (Å²) in [7, 11) is 0. The van der Waals surface area contributed by atoms with Gasteiger partial charge in [0.15, 0.2) is 5.78 Å². The Morgan fingerprint density at radius 1 is 1.23 bits per heavy atom. The van der Waals surface area contributed by atoms with Gasteiger partial charge in [0, 0.05) is 23.8 Å². The molecule has 0 atom stereocenters. The van der Waals surface area contributed by atoms with E-state index in [4.69, 9.17) is 4.74 Å². The van der Waals surface area contributed by atoms with Gasteiger partial charge in [-0.2, -0.15) is 0 Å². The summed E-state index contributed by atoms with van der Waals surface area (Å²) in [6.45, 7) is 6.57. The van der Waals surface area contributed by atoms with Crippen LogP contribution in [0.4, 0.5) is 0 Å². The van der Waals surface area contributed by atoms with Gasteiger partial charge in [-0.15, -0.1) is 0 Å². The molecule has 0 saturated carbocycles. The number of carbonyl (C=O) groups excluding carboxylic acids is 2. The highest BCUT2D eigenvalue weighted by Gasteiger charge is 2.27. The second-order valence-electron chi connectivity index (χ2n) is 6.19. The molecule has 22 heavy (non-hydrogen) atoms. The minimum absolute atomic E-state index is 0.0778. The van der Waals surface area contributed by atoms with Crippen molar-refractivity contribution < 1.29 is 14.3 Å². The lowest BCUT2D eigenvalue weighted by Crippen LogP contribution is -2.39. The van der Waals surface area contributed by atoms with E-state index >= 15 is 0 Å². The largest absolute Gasteiger partial charge is 0.494 e. The van der Waals surface area contributed by atoms with Crippen LogP contribution < -0.4 is 15.6 Å². The molecule has 0 radical (unpaired) electrons. The highest BCUT2D eigenvalue weighted by Crippen LogP contribution is 2.32. The molecule has 1 aliphatic carbocycles. The monoisotopic (exact) mass is 302 g/mol. The molecule has 118 valence electrons. The Morgan fingerprint density at radius 2 is 1.91 bits per heavy atom.